The second kappa shape index (κ2) is 4.45. The summed E-state index contributed by atoms with van der Waals surface area (Å²) in [7, 11) is 0. The van der Waals surface area contributed by atoms with Crippen molar-refractivity contribution in [1.29, 1.82) is 0 Å². The minimum atomic E-state index is 0.201. The minimum absolute atomic E-state index is 0.201. The van der Waals surface area contributed by atoms with Crippen molar-refractivity contribution in [2.75, 3.05) is 6.61 Å². The van der Waals surface area contributed by atoms with Crippen molar-refractivity contribution in [3.63, 3.8) is 0 Å². The van der Waals surface area contributed by atoms with E-state index in [4.69, 9.17) is 4.74 Å². The van der Waals surface area contributed by atoms with Gasteiger partial charge in [-0.1, -0.05) is 27.7 Å². The summed E-state index contributed by atoms with van der Waals surface area (Å²) in [5.41, 5.74) is 0.201. The van der Waals surface area contributed by atoms with Crippen LogP contribution >= 0.6 is 0 Å². The Balaban J connectivity index is 2.75. The molecule has 0 aliphatic carbocycles. The van der Waals surface area contributed by atoms with E-state index in [0.29, 0.717) is 0 Å². The maximum Gasteiger partial charge on any atom is 0.0707 e. The quantitative estimate of drug-likeness (QED) is 0.651. The lowest BCUT2D eigenvalue weighted by Gasteiger charge is -2.45. The van der Waals surface area contributed by atoms with Gasteiger partial charge in [-0.05, 0) is 37.5 Å². The monoisotopic (exact) mass is 184 g/mol. The van der Waals surface area contributed by atoms with Crippen molar-refractivity contribution in [3.8, 4) is 0 Å². The van der Waals surface area contributed by atoms with Crippen LogP contribution in [0.4, 0.5) is 0 Å². The molecule has 1 aliphatic heterocycles. The second-order valence-electron chi connectivity index (χ2n) is 4.61. The first-order valence-electron chi connectivity index (χ1n) is 5.80. The average Bonchev–Trinajstić information content (AvgIpc) is 2.17. The van der Waals surface area contributed by atoms with E-state index in [1.165, 1.54) is 25.7 Å². The molecule has 0 N–H and O–H groups in total. The smallest absolute Gasteiger partial charge is 0.0707 e. The Morgan fingerprint density at radius 2 is 1.92 bits per heavy atom. The van der Waals surface area contributed by atoms with Crippen LogP contribution in [0.25, 0.3) is 0 Å². The lowest BCUT2D eigenvalue weighted by Crippen LogP contribution is -2.45. The van der Waals surface area contributed by atoms with Crippen molar-refractivity contribution in [2.24, 2.45) is 11.8 Å². The van der Waals surface area contributed by atoms with E-state index in [0.717, 1.165) is 18.4 Å². The first-order valence-corrected chi connectivity index (χ1v) is 5.80. The van der Waals surface area contributed by atoms with Gasteiger partial charge >= 0.3 is 0 Å². The predicted molar refractivity (Wildman–Crippen MR) is 56.8 cm³/mol. The van der Waals surface area contributed by atoms with Crippen LogP contribution in [0.5, 0.6) is 0 Å². The predicted octanol–water partition coefficient (Wildman–Crippen LogP) is 3.63. The van der Waals surface area contributed by atoms with Crippen LogP contribution in [0, 0.1) is 11.8 Å². The summed E-state index contributed by atoms with van der Waals surface area (Å²) < 4.78 is 6.04. The maximum absolute atomic E-state index is 6.04. The van der Waals surface area contributed by atoms with Gasteiger partial charge in [-0.2, -0.15) is 0 Å². The van der Waals surface area contributed by atoms with Crippen molar-refractivity contribution in [1.82, 2.24) is 0 Å². The van der Waals surface area contributed by atoms with E-state index in [1.807, 2.05) is 0 Å². The fourth-order valence-corrected chi connectivity index (χ4v) is 2.87. The molecule has 1 atom stereocenters. The molecule has 1 heterocycles. The molecule has 0 amide bonds. The van der Waals surface area contributed by atoms with Crippen molar-refractivity contribution in [3.05, 3.63) is 0 Å². The average molecular weight is 184 g/mol. The molecule has 1 unspecified atom stereocenters. The van der Waals surface area contributed by atoms with Gasteiger partial charge in [0.1, 0.15) is 0 Å². The van der Waals surface area contributed by atoms with Crippen molar-refractivity contribution < 1.29 is 4.74 Å². The van der Waals surface area contributed by atoms with E-state index in [1.54, 1.807) is 0 Å². The summed E-state index contributed by atoms with van der Waals surface area (Å²) in [4.78, 5) is 0. The number of hydrogen-bond acceptors (Lipinski definition) is 1. The van der Waals surface area contributed by atoms with Gasteiger partial charge in [-0.15, -0.1) is 0 Å². The van der Waals surface area contributed by atoms with E-state index in [-0.39, 0.29) is 5.60 Å². The van der Waals surface area contributed by atoms with Crippen LogP contribution in [-0.2, 0) is 4.74 Å². The van der Waals surface area contributed by atoms with E-state index in [2.05, 4.69) is 27.7 Å². The zero-order chi connectivity index (χ0) is 9.90. The summed E-state index contributed by atoms with van der Waals surface area (Å²) in [6.07, 6.45) is 4.96. The minimum Gasteiger partial charge on any atom is -0.375 e. The Labute approximate surface area is 82.9 Å². The molecule has 13 heavy (non-hydrogen) atoms. The van der Waals surface area contributed by atoms with Gasteiger partial charge in [-0.3, -0.25) is 0 Å². The fraction of sp³-hybridized carbons (Fsp3) is 1.00. The summed E-state index contributed by atoms with van der Waals surface area (Å²) >= 11 is 0. The highest BCUT2D eigenvalue weighted by Gasteiger charge is 2.40. The molecule has 0 saturated carbocycles. The number of hydrogen-bond donors (Lipinski definition) is 0. The molecule has 1 nitrogen and oxygen atoms in total. The molecule has 78 valence electrons. The Bertz CT molecular complexity index is 147. The topological polar surface area (TPSA) is 9.23 Å². The SMILES string of the molecule is CCC1(CC)OCCCC1C(C)C. The summed E-state index contributed by atoms with van der Waals surface area (Å²) in [5.74, 6) is 1.54. The van der Waals surface area contributed by atoms with Crippen LogP contribution in [0.1, 0.15) is 53.4 Å². The molecule has 0 bridgehead atoms. The molecule has 0 aromatic rings. The molecule has 1 aliphatic rings. The maximum atomic E-state index is 6.04. The Kier molecular flexibility index (Phi) is 3.78. The summed E-state index contributed by atoms with van der Waals surface area (Å²) in [5, 5.41) is 0. The fourth-order valence-electron chi connectivity index (χ4n) is 2.87. The van der Waals surface area contributed by atoms with Crippen LogP contribution in [0.2, 0.25) is 0 Å². The van der Waals surface area contributed by atoms with E-state index >= 15 is 0 Å². The van der Waals surface area contributed by atoms with Gasteiger partial charge in [0.25, 0.3) is 0 Å². The molecule has 0 aromatic heterocycles. The summed E-state index contributed by atoms with van der Waals surface area (Å²) in [6.45, 7) is 10.2. The molecular formula is C12H24O. The first kappa shape index (κ1) is 11.0. The molecule has 1 rings (SSSR count). The molecule has 1 heteroatoms. The third-order valence-corrected chi connectivity index (χ3v) is 3.73. The van der Waals surface area contributed by atoms with Crippen molar-refractivity contribution in [2.45, 2.75) is 59.0 Å². The van der Waals surface area contributed by atoms with Gasteiger partial charge in [0.05, 0.1) is 5.60 Å². The molecule has 0 aromatic carbocycles. The van der Waals surface area contributed by atoms with Gasteiger partial charge in [0.15, 0.2) is 0 Å². The Morgan fingerprint density at radius 3 is 2.31 bits per heavy atom. The van der Waals surface area contributed by atoms with E-state index < -0.39 is 0 Å². The zero-order valence-corrected chi connectivity index (χ0v) is 9.60. The van der Waals surface area contributed by atoms with Gasteiger partial charge in [-0.25, -0.2) is 0 Å². The summed E-state index contributed by atoms with van der Waals surface area (Å²) in [6, 6.07) is 0. The molecular weight excluding hydrogens is 160 g/mol. The molecule has 0 radical (unpaired) electrons. The zero-order valence-electron chi connectivity index (χ0n) is 9.60. The third-order valence-electron chi connectivity index (χ3n) is 3.73. The highest BCUT2D eigenvalue weighted by molar-refractivity contribution is 4.90. The second-order valence-corrected chi connectivity index (χ2v) is 4.61. The lowest BCUT2D eigenvalue weighted by atomic mass is 9.72. The first-order chi connectivity index (χ1) is 6.16. The normalized spacial score (nSPS) is 27.9. The highest BCUT2D eigenvalue weighted by atomic mass is 16.5. The van der Waals surface area contributed by atoms with Gasteiger partial charge in [0, 0.05) is 6.61 Å². The van der Waals surface area contributed by atoms with Crippen molar-refractivity contribution >= 4 is 0 Å². The molecule has 1 saturated heterocycles. The lowest BCUT2D eigenvalue weighted by molar-refractivity contribution is -0.136. The largest absolute Gasteiger partial charge is 0.375 e. The van der Waals surface area contributed by atoms with Crippen LogP contribution in [0.3, 0.4) is 0 Å². The molecule has 1 fully saturated rings. The van der Waals surface area contributed by atoms with E-state index in [9.17, 15) is 0 Å². The highest BCUT2D eigenvalue weighted by Crippen LogP contribution is 2.40. The third kappa shape index (κ3) is 2.07. The standard InChI is InChI=1S/C12H24O/c1-5-12(6-2)11(10(3)4)8-7-9-13-12/h10-11H,5-9H2,1-4H3. The Hall–Kier alpha value is -0.0400. The van der Waals surface area contributed by atoms with Gasteiger partial charge < -0.3 is 4.74 Å². The van der Waals surface area contributed by atoms with Crippen LogP contribution < -0.4 is 0 Å². The van der Waals surface area contributed by atoms with Crippen LogP contribution in [0.15, 0.2) is 0 Å². The van der Waals surface area contributed by atoms with Gasteiger partial charge in [0.2, 0.25) is 0 Å². The molecule has 0 spiro atoms. The number of rotatable bonds is 3. The number of ether oxygens (including phenoxy) is 1. The van der Waals surface area contributed by atoms with Crippen LogP contribution in [-0.4, -0.2) is 12.2 Å². The Morgan fingerprint density at radius 1 is 1.31 bits per heavy atom.